The quantitative estimate of drug-likeness (QED) is 0.314. The van der Waals surface area contributed by atoms with Crippen LogP contribution in [0.15, 0.2) is 49.3 Å². The lowest BCUT2D eigenvalue weighted by atomic mass is 9.96. The predicted octanol–water partition coefficient (Wildman–Crippen LogP) is 8.22. The third kappa shape index (κ3) is 5.20. The Morgan fingerprint density at radius 1 is 0.923 bits per heavy atom. The van der Waals surface area contributed by atoms with Crippen LogP contribution in [0.5, 0.6) is 5.75 Å². The molecule has 2 nitrogen and oxygen atoms in total. The van der Waals surface area contributed by atoms with Crippen LogP contribution in [-0.2, 0) is 6.61 Å². The van der Waals surface area contributed by atoms with Gasteiger partial charge in [0.15, 0.2) is 0 Å². The second kappa shape index (κ2) is 9.78. The van der Waals surface area contributed by atoms with Crippen LogP contribution in [0, 0.1) is 10.7 Å². The maximum absolute atomic E-state index is 10.3. The van der Waals surface area contributed by atoms with Crippen LogP contribution in [0.25, 0.3) is 5.57 Å². The van der Waals surface area contributed by atoms with Gasteiger partial charge in [-0.05, 0) is 167 Å². The molecule has 3 rings (SSSR count). The smallest absolute Gasteiger partial charge is 0.146 e. The number of rotatable bonds is 4. The molecule has 0 bridgehead atoms. The summed E-state index contributed by atoms with van der Waals surface area (Å²) in [6, 6.07) is 12.7. The van der Waals surface area contributed by atoms with E-state index in [1.807, 2.05) is 0 Å². The summed E-state index contributed by atoms with van der Waals surface area (Å²) in [6.07, 6.45) is 1.85. The van der Waals surface area contributed by atoms with E-state index in [0.29, 0.717) is 12.4 Å². The number of halogens is 5. The van der Waals surface area contributed by atoms with Crippen LogP contribution >= 0.6 is 113 Å². The van der Waals surface area contributed by atoms with Gasteiger partial charge in [0, 0.05) is 7.15 Å². The second-order valence-corrected chi connectivity index (χ2v) is 11.7. The van der Waals surface area contributed by atoms with E-state index in [2.05, 4.69) is 149 Å². The fraction of sp³-hybridized carbons (Fsp3) is 0.158. The van der Waals surface area contributed by atoms with Crippen molar-refractivity contribution >= 4 is 119 Å². The van der Waals surface area contributed by atoms with Crippen molar-refractivity contribution in [3.05, 3.63) is 71.2 Å². The Bertz CT molecular complexity index is 895. The SMILES string of the molecule is OC1=C(I)CCC(c2cc(I)c(OCc3cccc(I)c3)c(I)c2)=C1I. The minimum absolute atomic E-state index is 0.427. The van der Waals surface area contributed by atoms with Gasteiger partial charge < -0.3 is 9.84 Å². The number of hydrogen-bond acceptors (Lipinski definition) is 2. The molecule has 1 aliphatic carbocycles. The number of ether oxygens (including phenoxy) is 1. The van der Waals surface area contributed by atoms with Gasteiger partial charge in [0.1, 0.15) is 18.1 Å². The lowest BCUT2D eigenvalue weighted by Gasteiger charge is -2.19. The fourth-order valence-corrected chi connectivity index (χ4v) is 7.30. The number of aliphatic hydroxyl groups is 1. The van der Waals surface area contributed by atoms with Crippen molar-refractivity contribution in [3.8, 4) is 5.75 Å². The predicted molar refractivity (Wildman–Crippen MR) is 149 cm³/mol. The first kappa shape index (κ1) is 21.9. The topological polar surface area (TPSA) is 29.5 Å². The van der Waals surface area contributed by atoms with Crippen LogP contribution in [0.1, 0.15) is 24.0 Å². The molecule has 0 radical (unpaired) electrons. The molecule has 0 heterocycles. The lowest BCUT2D eigenvalue weighted by Crippen LogP contribution is -2.03. The van der Waals surface area contributed by atoms with Gasteiger partial charge in [0.25, 0.3) is 0 Å². The third-order valence-electron chi connectivity index (χ3n) is 3.94. The average molecular weight is 908 g/mol. The molecule has 0 aromatic heterocycles. The minimum Gasteiger partial charge on any atom is -0.506 e. The molecule has 2 aromatic rings. The van der Waals surface area contributed by atoms with E-state index < -0.39 is 0 Å². The average Bonchev–Trinajstić information content (AvgIpc) is 2.59. The van der Waals surface area contributed by atoms with Crippen molar-refractivity contribution in [3.63, 3.8) is 0 Å². The molecule has 26 heavy (non-hydrogen) atoms. The van der Waals surface area contributed by atoms with Crippen molar-refractivity contribution in [1.82, 2.24) is 0 Å². The molecule has 0 amide bonds. The van der Waals surface area contributed by atoms with E-state index >= 15 is 0 Å². The van der Waals surface area contributed by atoms with Gasteiger partial charge in [0.2, 0.25) is 0 Å². The van der Waals surface area contributed by atoms with Crippen LogP contribution in [0.2, 0.25) is 0 Å². The maximum atomic E-state index is 10.3. The van der Waals surface area contributed by atoms with Gasteiger partial charge in [-0.2, -0.15) is 0 Å². The summed E-state index contributed by atoms with van der Waals surface area (Å²) >= 11 is 11.5. The van der Waals surface area contributed by atoms with E-state index in [1.165, 1.54) is 20.3 Å². The van der Waals surface area contributed by atoms with Gasteiger partial charge in [-0.15, -0.1) is 0 Å². The summed E-state index contributed by atoms with van der Waals surface area (Å²) in [5.41, 5.74) is 3.55. The summed E-state index contributed by atoms with van der Waals surface area (Å²) in [5, 5.41) is 10.3. The molecular formula is C19H13I5O2. The van der Waals surface area contributed by atoms with Crippen LogP contribution in [0.4, 0.5) is 0 Å². The van der Waals surface area contributed by atoms with E-state index in [-0.39, 0.29) is 0 Å². The van der Waals surface area contributed by atoms with E-state index in [4.69, 9.17) is 4.74 Å². The molecule has 0 atom stereocenters. The Morgan fingerprint density at radius 2 is 1.62 bits per heavy atom. The Hall–Kier alpha value is 1.17. The minimum atomic E-state index is 0.427. The molecule has 1 N–H and O–H groups in total. The number of allylic oxidation sites excluding steroid dienone is 3. The van der Waals surface area contributed by atoms with Crippen molar-refractivity contribution in [2.24, 2.45) is 0 Å². The molecule has 136 valence electrons. The van der Waals surface area contributed by atoms with E-state index in [0.717, 1.165) is 32.9 Å². The maximum Gasteiger partial charge on any atom is 0.146 e. The highest BCUT2D eigenvalue weighted by Crippen LogP contribution is 2.42. The Kier molecular flexibility index (Phi) is 8.23. The highest BCUT2D eigenvalue weighted by molar-refractivity contribution is 14.1. The third-order valence-corrected chi connectivity index (χ3v) is 8.43. The van der Waals surface area contributed by atoms with Gasteiger partial charge in [-0.3, -0.25) is 0 Å². The zero-order chi connectivity index (χ0) is 18.8. The Morgan fingerprint density at radius 3 is 2.27 bits per heavy atom. The van der Waals surface area contributed by atoms with Gasteiger partial charge >= 0.3 is 0 Å². The fourth-order valence-electron chi connectivity index (χ4n) is 2.65. The summed E-state index contributed by atoms with van der Waals surface area (Å²) in [7, 11) is 0. The first-order valence-electron chi connectivity index (χ1n) is 7.70. The van der Waals surface area contributed by atoms with Crippen molar-refractivity contribution < 1.29 is 9.84 Å². The number of hydrogen-bond donors (Lipinski definition) is 1. The monoisotopic (exact) mass is 908 g/mol. The van der Waals surface area contributed by atoms with Crippen molar-refractivity contribution in [2.75, 3.05) is 0 Å². The van der Waals surface area contributed by atoms with E-state index in [9.17, 15) is 5.11 Å². The second-order valence-electron chi connectivity index (χ2n) is 5.73. The first-order chi connectivity index (χ1) is 12.4. The van der Waals surface area contributed by atoms with Crippen LogP contribution < -0.4 is 4.74 Å². The molecule has 0 fully saturated rings. The normalized spacial score (nSPS) is 14.8. The molecule has 0 unspecified atom stereocenters. The van der Waals surface area contributed by atoms with Gasteiger partial charge in [0.05, 0.1) is 10.7 Å². The molecule has 2 aromatic carbocycles. The summed E-state index contributed by atoms with van der Waals surface area (Å²) in [4.78, 5) is 0. The molecule has 0 aliphatic heterocycles. The number of aliphatic hydroxyl groups excluding tert-OH is 1. The van der Waals surface area contributed by atoms with E-state index in [1.54, 1.807) is 0 Å². The van der Waals surface area contributed by atoms with Crippen molar-refractivity contribution in [2.45, 2.75) is 19.4 Å². The zero-order valence-electron chi connectivity index (χ0n) is 13.3. The summed E-state index contributed by atoms with van der Waals surface area (Å²) < 4.78 is 11.5. The standard InChI is InChI=1S/C19H13I5O2/c20-12-3-1-2-10(6-12)9-26-19-15(22)7-11(8-16(19)23)13-4-5-14(21)18(25)17(13)24/h1-3,6-8,25H,4-5,9H2. The zero-order valence-corrected chi connectivity index (χ0v) is 24.1. The summed E-state index contributed by atoms with van der Waals surface area (Å²) in [5.74, 6) is 1.35. The van der Waals surface area contributed by atoms with Gasteiger partial charge in [-0.25, -0.2) is 0 Å². The van der Waals surface area contributed by atoms with Crippen LogP contribution in [-0.4, -0.2) is 5.11 Å². The Labute approximate surface area is 221 Å². The molecule has 0 spiro atoms. The lowest BCUT2D eigenvalue weighted by molar-refractivity contribution is 0.301. The highest BCUT2D eigenvalue weighted by atomic mass is 127. The molecule has 0 saturated heterocycles. The van der Waals surface area contributed by atoms with Crippen molar-refractivity contribution in [1.29, 1.82) is 0 Å². The molecule has 0 saturated carbocycles. The highest BCUT2D eigenvalue weighted by Gasteiger charge is 2.21. The summed E-state index contributed by atoms with van der Waals surface area (Å²) in [6.45, 7) is 0.560. The number of benzene rings is 2. The van der Waals surface area contributed by atoms with Crippen LogP contribution in [0.3, 0.4) is 0 Å². The molecule has 7 heteroatoms. The molecular weight excluding hydrogens is 895 g/mol. The van der Waals surface area contributed by atoms with Gasteiger partial charge in [-0.1, -0.05) is 12.1 Å². The molecule has 1 aliphatic rings. The largest absolute Gasteiger partial charge is 0.506 e. The Balaban J connectivity index is 1.87. The first-order valence-corrected chi connectivity index (χ1v) is 13.1.